The Hall–Kier alpha value is -2.09. The molecule has 0 amide bonds. The van der Waals surface area contributed by atoms with Gasteiger partial charge in [-0.1, -0.05) is 58.5 Å². The van der Waals surface area contributed by atoms with E-state index in [4.69, 9.17) is 56.4 Å². The number of anilines is 1. The summed E-state index contributed by atoms with van der Waals surface area (Å²) in [4.78, 5) is 14.1. The quantitative estimate of drug-likeness (QED) is 0.287. The lowest BCUT2D eigenvalue weighted by Gasteiger charge is -2.24. The first-order valence-corrected chi connectivity index (χ1v) is 12.6. The number of benzene rings is 2. The zero-order valence-electron chi connectivity index (χ0n) is 18.2. The van der Waals surface area contributed by atoms with Crippen molar-refractivity contribution in [3.63, 3.8) is 0 Å². The minimum Gasteiger partial charge on any atom is -0.350 e. The highest BCUT2D eigenvalue weighted by Crippen LogP contribution is 2.36. The Bertz CT molecular complexity index is 1310. The van der Waals surface area contributed by atoms with E-state index in [1.807, 2.05) is 30.3 Å². The van der Waals surface area contributed by atoms with Crippen LogP contribution in [0, 0.1) is 5.92 Å². The predicted molar refractivity (Wildman–Crippen MR) is 140 cm³/mol. The second-order valence-corrected chi connectivity index (χ2v) is 9.99. The van der Waals surface area contributed by atoms with E-state index in [0.29, 0.717) is 55.4 Å². The first-order chi connectivity index (χ1) is 16.5. The molecule has 1 fully saturated rings. The van der Waals surface area contributed by atoms with Crippen molar-refractivity contribution in [3.05, 3.63) is 68.2 Å². The molecule has 4 aromatic rings. The number of rotatable bonds is 6. The summed E-state index contributed by atoms with van der Waals surface area (Å²) in [5.41, 5.74) is 3.11. The average molecular weight is 536 g/mol. The minimum absolute atomic E-state index is 0.453. The molecule has 5 rings (SSSR count). The number of imidazole rings is 1. The highest BCUT2D eigenvalue weighted by Gasteiger charge is 2.23. The summed E-state index contributed by atoms with van der Waals surface area (Å²) in [5, 5.41) is 8.90. The van der Waals surface area contributed by atoms with Crippen molar-refractivity contribution in [3.8, 4) is 11.4 Å². The zero-order valence-corrected chi connectivity index (χ0v) is 21.2. The van der Waals surface area contributed by atoms with E-state index in [2.05, 4.69) is 20.2 Å². The van der Waals surface area contributed by atoms with Gasteiger partial charge < -0.3 is 15.2 Å². The summed E-state index contributed by atoms with van der Waals surface area (Å²) in [7, 11) is 0. The van der Waals surface area contributed by atoms with Crippen molar-refractivity contribution in [2.75, 3.05) is 18.4 Å². The van der Waals surface area contributed by atoms with Crippen LogP contribution in [0.15, 0.2) is 42.6 Å². The molecule has 0 bridgehead atoms. The smallest absolute Gasteiger partial charge is 0.225 e. The fourth-order valence-electron chi connectivity index (χ4n) is 4.25. The first-order valence-electron chi connectivity index (χ1n) is 11.1. The van der Waals surface area contributed by atoms with Crippen LogP contribution in [0.3, 0.4) is 0 Å². The molecule has 0 unspecified atom stereocenters. The summed E-state index contributed by atoms with van der Waals surface area (Å²) >= 11 is 25.3. The van der Waals surface area contributed by atoms with Gasteiger partial charge in [-0.2, -0.15) is 4.98 Å². The number of hydrogen-bond donors (Lipinski definition) is 2. The SMILES string of the molecule is Clc1ccc(CNc2ncc3nc(-c4c(Cl)cccc4Cl)n(C[C@@H]4CCCNC4)c3n2)cc1Cl. The summed E-state index contributed by atoms with van der Waals surface area (Å²) < 4.78 is 2.12. The Labute approximate surface area is 217 Å². The number of aromatic nitrogens is 4. The van der Waals surface area contributed by atoms with Gasteiger partial charge in [0, 0.05) is 13.1 Å². The van der Waals surface area contributed by atoms with Gasteiger partial charge in [0.05, 0.1) is 31.9 Å². The van der Waals surface area contributed by atoms with Crippen LogP contribution in [-0.2, 0) is 13.1 Å². The van der Waals surface area contributed by atoms with Gasteiger partial charge in [0.25, 0.3) is 0 Å². The van der Waals surface area contributed by atoms with Gasteiger partial charge in [0.1, 0.15) is 11.3 Å². The number of nitrogens with zero attached hydrogens (tertiary/aromatic N) is 4. The molecule has 0 spiro atoms. The van der Waals surface area contributed by atoms with Crippen molar-refractivity contribution in [2.45, 2.75) is 25.9 Å². The van der Waals surface area contributed by atoms with Gasteiger partial charge in [-0.25, -0.2) is 9.97 Å². The van der Waals surface area contributed by atoms with E-state index in [1.165, 1.54) is 0 Å². The van der Waals surface area contributed by atoms with Crippen LogP contribution in [0.5, 0.6) is 0 Å². The molecule has 2 aromatic heterocycles. The molecule has 1 saturated heterocycles. The third kappa shape index (κ3) is 4.97. The number of halogens is 4. The topological polar surface area (TPSA) is 67.7 Å². The Balaban J connectivity index is 1.52. The third-order valence-corrected chi connectivity index (χ3v) is 7.32. The Morgan fingerprint density at radius 3 is 2.56 bits per heavy atom. The van der Waals surface area contributed by atoms with Crippen molar-refractivity contribution in [2.24, 2.45) is 5.92 Å². The van der Waals surface area contributed by atoms with Gasteiger partial charge in [0.2, 0.25) is 5.95 Å². The molecule has 2 aromatic carbocycles. The van der Waals surface area contributed by atoms with E-state index in [0.717, 1.165) is 43.7 Å². The van der Waals surface area contributed by atoms with E-state index in [9.17, 15) is 0 Å². The molecule has 1 atom stereocenters. The van der Waals surface area contributed by atoms with E-state index >= 15 is 0 Å². The molecular weight excluding hydrogens is 514 g/mol. The molecular formula is C24H22Cl4N6. The fraction of sp³-hybridized carbons (Fsp3) is 0.292. The monoisotopic (exact) mass is 534 g/mol. The maximum atomic E-state index is 6.56. The molecule has 176 valence electrons. The lowest BCUT2D eigenvalue weighted by Crippen LogP contribution is -2.32. The second-order valence-electron chi connectivity index (χ2n) is 8.36. The van der Waals surface area contributed by atoms with Gasteiger partial charge in [-0.3, -0.25) is 0 Å². The van der Waals surface area contributed by atoms with E-state index in [-0.39, 0.29) is 0 Å². The Kier molecular flexibility index (Phi) is 7.14. The lowest BCUT2D eigenvalue weighted by atomic mass is 9.99. The van der Waals surface area contributed by atoms with Crippen LogP contribution < -0.4 is 10.6 Å². The van der Waals surface area contributed by atoms with E-state index in [1.54, 1.807) is 12.3 Å². The third-order valence-electron chi connectivity index (χ3n) is 5.95. The second kappa shape index (κ2) is 10.3. The number of nitrogens with one attached hydrogen (secondary N) is 2. The predicted octanol–water partition coefficient (Wildman–Crippen LogP) is 6.72. The maximum absolute atomic E-state index is 6.56. The van der Waals surface area contributed by atoms with Gasteiger partial charge >= 0.3 is 0 Å². The van der Waals surface area contributed by atoms with Crippen molar-refractivity contribution in [1.82, 2.24) is 24.8 Å². The summed E-state index contributed by atoms with van der Waals surface area (Å²) in [6.45, 7) is 3.26. The molecule has 2 N–H and O–H groups in total. The number of piperidine rings is 1. The largest absolute Gasteiger partial charge is 0.350 e. The summed E-state index contributed by atoms with van der Waals surface area (Å²) in [5.74, 6) is 1.65. The van der Waals surface area contributed by atoms with Crippen molar-refractivity contribution < 1.29 is 0 Å². The van der Waals surface area contributed by atoms with Crippen LogP contribution >= 0.6 is 46.4 Å². The molecule has 1 aliphatic heterocycles. The Morgan fingerprint density at radius 1 is 1.00 bits per heavy atom. The van der Waals surface area contributed by atoms with Crippen molar-refractivity contribution >= 4 is 63.5 Å². The standard InChI is InChI=1S/C24H22Cl4N6/c25-16-7-6-14(9-19(16)28)11-30-24-31-12-20-22(33-24)34(13-15-3-2-8-29-10-15)23(32-20)21-17(26)4-1-5-18(21)27/h1,4-7,9,12,15,29H,2-3,8,10-11,13H2,(H,30,31,33)/t15-/m1/s1. The number of hydrogen-bond acceptors (Lipinski definition) is 5. The van der Waals surface area contributed by atoms with Gasteiger partial charge in [-0.15, -0.1) is 0 Å². The van der Waals surface area contributed by atoms with Crippen LogP contribution in [0.2, 0.25) is 20.1 Å². The summed E-state index contributed by atoms with van der Waals surface area (Å²) in [6.07, 6.45) is 4.00. The maximum Gasteiger partial charge on any atom is 0.225 e. The van der Waals surface area contributed by atoms with Crippen LogP contribution in [0.1, 0.15) is 18.4 Å². The molecule has 3 heterocycles. The van der Waals surface area contributed by atoms with Gasteiger partial charge in [0.15, 0.2) is 5.65 Å². The molecule has 1 aliphatic rings. The van der Waals surface area contributed by atoms with Crippen LogP contribution in [0.25, 0.3) is 22.6 Å². The van der Waals surface area contributed by atoms with Gasteiger partial charge in [-0.05, 0) is 61.7 Å². The average Bonchev–Trinajstić information content (AvgIpc) is 3.17. The van der Waals surface area contributed by atoms with Crippen LogP contribution in [0.4, 0.5) is 5.95 Å². The van der Waals surface area contributed by atoms with E-state index < -0.39 is 0 Å². The molecule has 34 heavy (non-hydrogen) atoms. The number of fused-ring (bicyclic) bond motifs is 1. The molecule has 0 radical (unpaired) electrons. The first kappa shape index (κ1) is 23.6. The Morgan fingerprint density at radius 2 is 1.82 bits per heavy atom. The van der Waals surface area contributed by atoms with Crippen LogP contribution in [-0.4, -0.2) is 32.6 Å². The highest BCUT2D eigenvalue weighted by molar-refractivity contribution is 6.42. The fourth-order valence-corrected chi connectivity index (χ4v) is 5.14. The normalized spacial score (nSPS) is 16.2. The highest BCUT2D eigenvalue weighted by atomic mass is 35.5. The molecule has 6 nitrogen and oxygen atoms in total. The zero-order chi connectivity index (χ0) is 23.7. The lowest BCUT2D eigenvalue weighted by molar-refractivity contribution is 0.341. The molecule has 0 saturated carbocycles. The molecule has 10 heteroatoms. The minimum atomic E-state index is 0.453. The molecule has 0 aliphatic carbocycles. The summed E-state index contributed by atoms with van der Waals surface area (Å²) in [6, 6.07) is 11.0. The van der Waals surface area contributed by atoms with Crippen molar-refractivity contribution in [1.29, 1.82) is 0 Å².